The lowest BCUT2D eigenvalue weighted by Gasteiger charge is -2.41. The summed E-state index contributed by atoms with van der Waals surface area (Å²) in [6.07, 6.45) is 46.4. The van der Waals surface area contributed by atoms with Crippen molar-refractivity contribution in [2.24, 2.45) is 0 Å². The van der Waals surface area contributed by atoms with Gasteiger partial charge in [-0.1, -0.05) is 237 Å². The van der Waals surface area contributed by atoms with Crippen LogP contribution in [-0.2, 0) is 27.9 Å². The second-order valence-electron chi connectivity index (χ2n) is 20.1. The lowest BCUT2D eigenvalue weighted by molar-refractivity contribution is -0.220. The number of allylic oxidation sites excluding steroid dienone is 6. The van der Waals surface area contributed by atoms with Crippen molar-refractivity contribution in [3.63, 3.8) is 0 Å². The van der Waals surface area contributed by atoms with Crippen LogP contribution < -0.4 is 0 Å². The molecule has 0 aromatic rings. The van der Waals surface area contributed by atoms with Crippen molar-refractivity contribution in [2.45, 2.75) is 301 Å². The van der Waals surface area contributed by atoms with Crippen LogP contribution in [0.3, 0.4) is 0 Å². The standard InChI is InChI=1S/C57H107O12P/c1-3-5-7-9-11-13-15-17-19-21-23-25-27-29-31-33-35-37-39-41-43-45-47-66-48-50(49-67-70(64,65)69-57-55(62)53(60)52(59)54(61)56(57)63)68-51(58)46-44-42-40-38-36-34-32-30-28-26-24-22-20-18-16-14-12-10-8-6-4-2/h15,17,21,23,27,29,50,52-57,59-63H,3-14,16,18-20,22,24-26,28,30-49H2,1-2H3,(H,64,65)/b17-15-,23-21-,29-27-. The molecule has 0 radical (unpaired) electrons. The molecule has 0 heterocycles. The van der Waals surface area contributed by atoms with Crippen LogP contribution in [0.15, 0.2) is 36.5 Å². The molecule has 1 saturated carbocycles. The first-order valence-electron chi connectivity index (χ1n) is 28.8. The quantitative estimate of drug-likeness (QED) is 0.0146. The molecular formula is C57H107O12P. The Morgan fingerprint density at radius 1 is 0.457 bits per heavy atom. The average Bonchev–Trinajstić information content (AvgIpc) is 3.35. The monoisotopic (exact) mass is 1010 g/mol. The molecule has 1 fully saturated rings. The van der Waals surface area contributed by atoms with E-state index in [9.17, 15) is 39.8 Å². The van der Waals surface area contributed by atoms with Gasteiger partial charge in [0.05, 0.1) is 13.2 Å². The summed E-state index contributed by atoms with van der Waals surface area (Å²) in [5, 5.41) is 50.4. The third-order valence-electron chi connectivity index (χ3n) is 13.5. The first-order chi connectivity index (χ1) is 34.0. The van der Waals surface area contributed by atoms with Crippen molar-refractivity contribution < 1.29 is 58.3 Å². The molecule has 0 spiro atoms. The minimum atomic E-state index is -5.03. The van der Waals surface area contributed by atoms with Crippen LogP contribution >= 0.6 is 7.82 Å². The fourth-order valence-electron chi connectivity index (χ4n) is 8.95. The Morgan fingerprint density at radius 2 is 0.800 bits per heavy atom. The van der Waals surface area contributed by atoms with Crippen LogP contribution in [0, 0.1) is 0 Å². The zero-order valence-corrected chi connectivity index (χ0v) is 45.5. The van der Waals surface area contributed by atoms with Crippen molar-refractivity contribution in [3.8, 4) is 0 Å². The maximum atomic E-state index is 12.9. The van der Waals surface area contributed by atoms with Gasteiger partial charge < -0.3 is 39.9 Å². The fraction of sp³-hybridized carbons (Fsp3) is 0.877. The van der Waals surface area contributed by atoms with E-state index in [4.69, 9.17) is 18.5 Å². The molecular weight excluding hydrogens is 908 g/mol. The highest BCUT2D eigenvalue weighted by Gasteiger charge is 2.51. The van der Waals surface area contributed by atoms with Crippen LogP contribution in [0.2, 0.25) is 0 Å². The molecule has 6 unspecified atom stereocenters. The van der Waals surface area contributed by atoms with Gasteiger partial charge in [-0.15, -0.1) is 0 Å². The van der Waals surface area contributed by atoms with Gasteiger partial charge in [-0.2, -0.15) is 0 Å². The summed E-state index contributed by atoms with van der Waals surface area (Å²) in [5.74, 6) is -0.476. The summed E-state index contributed by atoms with van der Waals surface area (Å²) in [7, 11) is -5.03. The van der Waals surface area contributed by atoms with Gasteiger partial charge in [-0.05, 0) is 51.4 Å². The zero-order chi connectivity index (χ0) is 51.2. The SMILES string of the molecule is CCCCCCC/C=C\C/C=C\C/C=C\CCCCCCCCCOCC(COP(=O)(O)OC1C(O)C(O)C(O)C(O)C1O)OC(=O)CCCCCCCCCCCCCCCCCCCCCCC. The molecule has 0 bridgehead atoms. The highest BCUT2D eigenvalue weighted by Crippen LogP contribution is 2.47. The van der Waals surface area contributed by atoms with Gasteiger partial charge in [0.15, 0.2) is 0 Å². The molecule has 0 amide bonds. The molecule has 412 valence electrons. The number of aliphatic hydroxyl groups excluding tert-OH is 5. The van der Waals surface area contributed by atoms with Gasteiger partial charge in [0.2, 0.25) is 0 Å². The normalized spacial score (nSPS) is 21.1. The van der Waals surface area contributed by atoms with E-state index in [1.54, 1.807) is 0 Å². The summed E-state index contributed by atoms with van der Waals surface area (Å²) in [5.41, 5.74) is 0. The first kappa shape index (κ1) is 66.6. The average molecular weight is 1020 g/mol. The molecule has 13 heteroatoms. The predicted octanol–water partition coefficient (Wildman–Crippen LogP) is 13.8. The van der Waals surface area contributed by atoms with E-state index in [-0.39, 0.29) is 13.0 Å². The first-order valence-corrected chi connectivity index (χ1v) is 30.3. The molecule has 6 N–H and O–H groups in total. The second-order valence-corrected chi connectivity index (χ2v) is 21.6. The number of esters is 1. The molecule has 0 aliphatic heterocycles. The number of aliphatic hydroxyl groups is 5. The van der Waals surface area contributed by atoms with Gasteiger partial charge in [0.1, 0.15) is 42.7 Å². The highest BCUT2D eigenvalue weighted by molar-refractivity contribution is 7.47. The number of rotatable bonds is 50. The number of ether oxygens (including phenoxy) is 2. The summed E-state index contributed by atoms with van der Waals surface area (Å²) in [4.78, 5) is 23.3. The second kappa shape index (κ2) is 47.3. The molecule has 12 nitrogen and oxygen atoms in total. The van der Waals surface area contributed by atoms with Gasteiger partial charge in [0, 0.05) is 13.0 Å². The van der Waals surface area contributed by atoms with E-state index in [1.165, 1.54) is 167 Å². The predicted molar refractivity (Wildman–Crippen MR) is 286 cm³/mol. The van der Waals surface area contributed by atoms with Gasteiger partial charge in [-0.25, -0.2) is 4.57 Å². The summed E-state index contributed by atoms with van der Waals surface area (Å²) < 4.78 is 34.4. The van der Waals surface area contributed by atoms with E-state index >= 15 is 0 Å². The fourth-order valence-corrected chi connectivity index (χ4v) is 9.93. The molecule has 1 aliphatic rings. The van der Waals surface area contributed by atoms with Crippen molar-refractivity contribution in [3.05, 3.63) is 36.5 Å². The van der Waals surface area contributed by atoms with Crippen LogP contribution in [-0.4, -0.2) is 98.9 Å². The number of hydrogen-bond donors (Lipinski definition) is 6. The lowest BCUT2D eigenvalue weighted by atomic mass is 9.85. The molecule has 1 aliphatic carbocycles. The molecule has 0 saturated heterocycles. The lowest BCUT2D eigenvalue weighted by Crippen LogP contribution is -2.64. The van der Waals surface area contributed by atoms with Crippen LogP contribution in [0.5, 0.6) is 0 Å². The number of carbonyl (C=O) groups excluding carboxylic acids is 1. The molecule has 1 rings (SSSR count). The molecule has 0 aromatic carbocycles. The number of phosphoric ester groups is 1. The number of phosphoric acid groups is 1. The summed E-state index contributed by atoms with van der Waals surface area (Å²) >= 11 is 0. The van der Waals surface area contributed by atoms with E-state index in [0.29, 0.717) is 13.0 Å². The van der Waals surface area contributed by atoms with Crippen molar-refractivity contribution in [2.75, 3.05) is 19.8 Å². The summed E-state index contributed by atoms with van der Waals surface area (Å²) in [6.45, 7) is 4.28. The zero-order valence-electron chi connectivity index (χ0n) is 44.6. The van der Waals surface area contributed by atoms with E-state index in [0.717, 1.165) is 64.2 Å². The van der Waals surface area contributed by atoms with Gasteiger partial charge >= 0.3 is 13.8 Å². The largest absolute Gasteiger partial charge is 0.472 e. The smallest absolute Gasteiger partial charge is 0.457 e. The highest BCUT2D eigenvalue weighted by atomic mass is 31.2. The minimum Gasteiger partial charge on any atom is -0.457 e. The van der Waals surface area contributed by atoms with Crippen molar-refractivity contribution in [1.82, 2.24) is 0 Å². The molecule has 70 heavy (non-hydrogen) atoms. The Kier molecular flexibility index (Phi) is 45.0. The topological polar surface area (TPSA) is 192 Å². The maximum absolute atomic E-state index is 12.9. The number of unbranched alkanes of at least 4 members (excludes halogenated alkanes) is 32. The van der Waals surface area contributed by atoms with Gasteiger partial charge in [0.25, 0.3) is 0 Å². The Balaban J connectivity index is 2.29. The third-order valence-corrected chi connectivity index (χ3v) is 14.5. The Morgan fingerprint density at radius 3 is 1.21 bits per heavy atom. The molecule has 0 aromatic heterocycles. The van der Waals surface area contributed by atoms with E-state index in [2.05, 4.69) is 50.3 Å². The van der Waals surface area contributed by atoms with Crippen LogP contribution in [0.4, 0.5) is 0 Å². The van der Waals surface area contributed by atoms with E-state index < -0.39 is 63.1 Å². The Bertz CT molecular complexity index is 1300. The minimum absolute atomic E-state index is 0.0804. The Hall–Kier alpha value is -1.44. The summed E-state index contributed by atoms with van der Waals surface area (Å²) in [6, 6.07) is 0. The van der Waals surface area contributed by atoms with Crippen LogP contribution in [0.1, 0.15) is 258 Å². The van der Waals surface area contributed by atoms with Crippen LogP contribution in [0.25, 0.3) is 0 Å². The van der Waals surface area contributed by atoms with Crippen molar-refractivity contribution >= 4 is 13.8 Å². The maximum Gasteiger partial charge on any atom is 0.472 e. The molecule has 6 atom stereocenters. The van der Waals surface area contributed by atoms with E-state index in [1.807, 2.05) is 0 Å². The Labute approximate surface area is 427 Å². The number of hydrogen-bond acceptors (Lipinski definition) is 11. The third kappa shape index (κ3) is 38.2. The van der Waals surface area contributed by atoms with Gasteiger partial charge in [-0.3, -0.25) is 13.8 Å². The number of carbonyl (C=O) groups is 1. The van der Waals surface area contributed by atoms with Crippen molar-refractivity contribution in [1.29, 1.82) is 0 Å².